The number of nitrogens with one attached hydrogen (secondary N) is 2. The van der Waals surface area contributed by atoms with Gasteiger partial charge in [0.1, 0.15) is 6.54 Å². The van der Waals surface area contributed by atoms with Gasteiger partial charge in [-0.05, 0) is 67.3 Å². The molecule has 2 aromatic heterocycles. The normalized spacial score (nSPS) is 11.7. The molecule has 0 aliphatic carbocycles. The van der Waals surface area contributed by atoms with Gasteiger partial charge in [-0.3, -0.25) is 14.3 Å². The van der Waals surface area contributed by atoms with Gasteiger partial charge in [0.25, 0.3) is 5.56 Å². The van der Waals surface area contributed by atoms with E-state index in [4.69, 9.17) is 5.73 Å². The molecule has 36 heavy (non-hydrogen) atoms. The van der Waals surface area contributed by atoms with E-state index in [1.807, 2.05) is 86.2 Å². The van der Waals surface area contributed by atoms with Gasteiger partial charge in [-0.15, -0.1) is 0 Å². The van der Waals surface area contributed by atoms with Gasteiger partial charge in [0.05, 0.1) is 22.8 Å². The predicted octanol–water partition coefficient (Wildman–Crippen LogP) is 4.46. The van der Waals surface area contributed by atoms with E-state index in [0.29, 0.717) is 16.8 Å². The first-order valence-electron chi connectivity index (χ1n) is 11.7. The highest BCUT2D eigenvalue weighted by Gasteiger charge is 2.15. The maximum atomic E-state index is 13.4. The number of nitrogens with two attached hydrogens (primary N) is 1. The number of hydrogen-bond donors (Lipinski definition) is 3. The highest BCUT2D eigenvalue weighted by molar-refractivity contribution is 5.96. The molecule has 2 heterocycles. The van der Waals surface area contributed by atoms with Gasteiger partial charge in [0, 0.05) is 35.5 Å². The minimum atomic E-state index is -0.527. The molecule has 0 spiro atoms. The van der Waals surface area contributed by atoms with Crippen LogP contribution in [0.3, 0.4) is 0 Å². The zero-order valence-electron chi connectivity index (χ0n) is 20.4. The summed E-state index contributed by atoms with van der Waals surface area (Å²) in [7, 11) is 1.90. The maximum Gasteiger partial charge on any atom is 0.261 e. The van der Waals surface area contributed by atoms with Crippen LogP contribution in [0.15, 0.2) is 83.9 Å². The summed E-state index contributed by atoms with van der Waals surface area (Å²) in [5.41, 5.74) is 9.49. The molecule has 3 aromatic carbocycles. The number of carbonyl (C=O) groups is 1. The summed E-state index contributed by atoms with van der Waals surface area (Å²) in [5, 5.41) is 12.8. The summed E-state index contributed by atoms with van der Waals surface area (Å²) in [6.07, 6.45) is 3.45. The van der Waals surface area contributed by atoms with Crippen LogP contribution < -0.4 is 21.9 Å². The molecule has 0 saturated carbocycles. The van der Waals surface area contributed by atoms with E-state index in [2.05, 4.69) is 15.7 Å². The summed E-state index contributed by atoms with van der Waals surface area (Å²) in [6.45, 7) is 3.70. The van der Waals surface area contributed by atoms with Gasteiger partial charge in [0.15, 0.2) is 0 Å². The largest absolute Gasteiger partial charge is 0.355 e. The summed E-state index contributed by atoms with van der Waals surface area (Å²) in [5.74, 6) is -0.295. The average Bonchev–Trinajstić information content (AvgIpc) is 3.20. The third-order valence-electron chi connectivity index (χ3n) is 6.23. The van der Waals surface area contributed by atoms with Gasteiger partial charge >= 0.3 is 0 Å². The Bertz CT molecular complexity index is 1660. The third-order valence-corrected chi connectivity index (χ3v) is 6.23. The second-order valence-electron chi connectivity index (χ2n) is 9.54. The van der Waals surface area contributed by atoms with Crippen LogP contribution in [0.5, 0.6) is 0 Å². The van der Waals surface area contributed by atoms with E-state index in [0.717, 1.165) is 27.5 Å². The highest BCUT2D eigenvalue weighted by Crippen LogP contribution is 2.26. The van der Waals surface area contributed by atoms with E-state index in [9.17, 15) is 9.59 Å². The van der Waals surface area contributed by atoms with E-state index < -0.39 is 5.54 Å². The number of carbonyl (C=O) groups excluding carboxylic acids is 1. The summed E-state index contributed by atoms with van der Waals surface area (Å²) in [6, 6.07) is 20.8. The molecule has 0 saturated heterocycles. The van der Waals surface area contributed by atoms with Crippen molar-refractivity contribution >= 4 is 44.6 Å². The fourth-order valence-electron chi connectivity index (χ4n) is 4.31. The molecule has 5 aromatic rings. The molecular weight excluding hydrogens is 452 g/mol. The number of pyridine rings is 1. The quantitative estimate of drug-likeness (QED) is 0.333. The monoisotopic (exact) mass is 480 g/mol. The van der Waals surface area contributed by atoms with Crippen molar-refractivity contribution < 1.29 is 4.79 Å². The van der Waals surface area contributed by atoms with Gasteiger partial charge in [0.2, 0.25) is 5.91 Å². The number of benzene rings is 3. The van der Waals surface area contributed by atoms with Crippen LogP contribution in [0.25, 0.3) is 21.7 Å². The predicted molar refractivity (Wildman–Crippen MR) is 144 cm³/mol. The molecule has 8 nitrogen and oxygen atoms in total. The van der Waals surface area contributed by atoms with E-state index >= 15 is 0 Å². The van der Waals surface area contributed by atoms with Crippen LogP contribution in [0.4, 0.5) is 17.1 Å². The zero-order chi connectivity index (χ0) is 25.4. The first-order chi connectivity index (χ1) is 17.2. The lowest BCUT2D eigenvalue weighted by molar-refractivity contribution is -0.116. The maximum absolute atomic E-state index is 13.4. The molecule has 4 N–H and O–H groups in total. The first kappa shape index (κ1) is 23.3. The van der Waals surface area contributed by atoms with E-state index in [1.54, 1.807) is 18.5 Å². The van der Waals surface area contributed by atoms with Crippen LogP contribution in [-0.4, -0.2) is 20.3 Å². The molecule has 0 fully saturated rings. The topological polar surface area (TPSA) is 107 Å². The number of anilines is 3. The van der Waals surface area contributed by atoms with Crippen molar-refractivity contribution in [3.8, 4) is 0 Å². The van der Waals surface area contributed by atoms with Gasteiger partial charge < -0.3 is 20.9 Å². The molecule has 0 bridgehead atoms. The number of rotatable bonds is 6. The van der Waals surface area contributed by atoms with Crippen LogP contribution >= 0.6 is 0 Å². The number of aryl methyl sites for hydroxylation is 1. The zero-order valence-corrected chi connectivity index (χ0v) is 20.4. The highest BCUT2D eigenvalue weighted by atomic mass is 16.2. The Labute approximate surface area is 208 Å². The SMILES string of the molecule is Cn1ncc2cc(Nc3cccc4ccn(CC(=O)Nc5cccc(C(C)(C)N)c5)c(=O)c34)ccc21. The van der Waals surface area contributed by atoms with Crippen molar-refractivity contribution in [3.63, 3.8) is 0 Å². The Morgan fingerprint density at radius 3 is 2.61 bits per heavy atom. The van der Waals surface area contributed by atoms with Gasteiger partial charge in [-0.1, -0.05) is 24.3 Å². The standard InChI is InChI=1S/C28H28N6O2/c1-28(2,29)20-7-5-8-21(15-20)32-25(35)17-34-13-12-18-6-4-9-23(26(18)27(34)36)31-22-10-11-24-19(14-22)16-30-33(24)3/h4-16,31H,17,29H2,1-3H3,(H,32,35). The number of aromatic nitrogens is 3. The Balaban J connectivity index is 1.42. The smallest absolute Gasteiger partial charge is 0.261 e. The van der Waals surface area contributed by atoms with E-state index in [1.165, 1.54) is 4.57 Å². The molecular formula is C28H28N6O2. The minimum absolute atomic E-state index is 0.110. The number of nitrogens with zero attached hydrogens (tertiary/aromatic N) is 3. The Morgan fingerprint density at radius 2 is 1.81 bits per heavy atom. The molecule has 8 heteroatoms. The van der Waals surface area contributed by atoms with Crippen molar-refractivity contribution in [2.24, 2.45) is 12.8 Å². The molecule has 0 aliphatic rings. The van der Waals surface area contributed by atoms with E-state index in [-0.39, 0.29) is 18.0 Å². The van der Waals surface area contributed by atoms with Crippen LogP contribution in [-0.2, 0) is 23.9 Å². The lowest BCUT2D eigenvalue weighted by Crippen LogP contribution is -2.29. The molecule has 5 rings (SSSR count). The lowest BCUT2D eigenvalue weighted by atomic mass is 9.95. The fourth-order valence-corrected chi connectivity index (χ4v) is 4.31. The third kappa shape index (κ3) is 4.58. The van der Waals surface area contributed by atoms with Crippen molar-refractivity contribution in [2.45, 2.75) is 25.9 Å². The number of amides is 1. The number of hydrogen-bond acceptors (Lipinski definition) is 5. The molecule has 1 amide bonds. The minimum Gasteiger partial charge on any atom is -0.355 e. The van der Waals surface area contributed by atoms with Crippen molar-refractivity contribution in [2.75, 3.05) is 10.6 Å². The van der Waals surface area contributed by atoms with Gasteiger partial charge in [-0.25, -0.2) is 0 Å². The Morgan fingerprint density at radius 1 is 1.00 bits per heavy atom. The van der Waals surface area contributed by atoms with Crippen molar-refractivity contribution in [1.29, 1.82) is 0 Å². The summed E-state index contributed by atoms with van der Waals surface area (Å²) in [4.78, 5) is 26.2. The second kappa shape index (κ2) is 8.98. The average molecular weight is 481 g/mol. The van der Waals surface area contributed by atoms with Gasteiger partial charge in [-0.2, -0.15) is 5.10 Å². The van der Waals surface area contributed by atoms with Crippen LogP contribution in [0.2, 0.25) is 0 Å². The summed E-state index contributed by atoms with van der Waals surface area (Å²) < 4.78 is 3.23. The van der Waals surface area contributed by atoms with Crippen LogP contribution in [0.1, 0.15) is 19.4 Å². The molecule has 0 radical (unpaired) electrons. The lowest BCUT2D eigenvalue weighted by Gasteiger charge is -2.20. The van der Waals surface area contributed by atoms with Crippen LogP contribution in [0, 0.1) is 0 Å². The molecule has 0 aliphatic heterocycles. The Kier molecular flexibility index (Phi) is 5.81. The van der Waals surface area contributed by atoms with Crippen molar-refractivity contribution in [1.82, 2.24) is 14.3 Å². The second-order valence-corrected chi connectivity index (χ2v) is 9.54. The first-order valence-corrected chi connectivity index (χ1v) is 11.7. The molecule has 0 unspecified atom stereocenters. The summed E-state index contributed by atoms with van der Waals surface area (Å²) >= 11 is 0. The Hall–Kier alpha value is -4.43. The fraction of sp³-hybridized carbons (Fsp3) is 0.179. The number of fused-ring (bicyclic) bond motifs is 2. The molecule has 0 atom stereocenters. The molecule has 182 valence electrons. The van der Waals surface area contributed by atoms with Crippen molar-refractivity contribution in [3.05, 3.63) is 95.0 Å².